The molecule has 4 N–H and O–H groups in total. The average molecular weight is 465 g/mol. The molecular formula is C20H26N5O4S2+. The molecule has 0 bridgehead atoms. The Bertz CT molecular complexity index is 1100. The zero-order valence-corrected chi connectivity index (χ0v) is 19.2. The number of aliphatic carboxylic acids is 1. The number of carbonyl (C=O) groups is 2. The van der Waals surface area contributed by atoms with Gasteiger partial charge in [0.05, 0.1) is 35.8 Å². The van der Waals surface area contributed by atoms with Gasteiger partial charge in [0.25, 0.3) is 6.33 Å². The van der Waals surface area contributed by atoms with Crippen molar-refractivity contribution >= 4 is 51.7 Å². The number of carbonyl (C=O) groups excluding carboxylic acids is 1. The summed E-state index contributed by atoms with van der Waals surface area (Å²) in [4.78, 5) is 32.0. The molecule has 0 spiro atoms. The predicted molar refractivity (Wildman–Crippen MR) is 119 cm³/mol. The van der Waals surface area contributed by atoms with Crippen LogP contribution in [0.4, 0.5) is 0 Å². The average Bonchev–Trinajstić information content (AvgIpc) is 3.32. The van der Waals surface area contributed by atoms with Crippen molar-refractivity contribution in [2.24, 2.45) is 22.6 Å². The number of carboxylic acids is 1. The minimum absolute atomic E-state index is 0.0436. The van der Waals surface area contributed by atoms with Gasteiger partial charge in [-0.05, 0) is 13.2 Å². The lowest BCUT2D eigenvalue weighted by atomic mass is 9.77. The number of nitrogens with zero attached hydrogens (tertiary/aromatic N) is 4. The van der Waals surface area contributed by atoms with E-state index in [4.69, 9.17) is 5.73 Å². The fraction of sp³-hybridized carbons (Fsp3) is 0.500. The number of aryl methyl sites for hydroxylation is 1. The van der Waals surface area contributed by atoms with Gasteiger partial charge in [-0.1, -0.05) is 30.0 Å². The lowest BCUT2D eigenvalue weighted by Crippen LogP contribution is -2.63. The molecule has 0 saturated carbocycles. The summed E-state index contributed by atoms with van der Waals surface area (Å²) < 4.78 is 4.18. The van der Waals surface area contributed by atoms with Crippen LogP contribution in [0.25, 0.3) is 10.4 Å². The van der Waals surface area contributed by atoms with Crippen LogP contribution >= 0.6 is 23.1 Å². The molecule has 4 heterocycles. The van der Waals surface area contributed by atoms with Gasteiger partial charge in [0.15, 0.2) is 0 Å². The second kappa shape index (κ2) is 8.29. The molecule has 0 aliphatic carbocycles. The number of β-lactam (4-membered cyclic amide) rings is 1. The van der Waals surface area contributed by atoms with Gasteiger partial charge in [-0.25, -0.2) is 9.36 Å². The van der Waals surface area contributed by atoms with E-state index in [-0.39, 0.29) is 23.6 Å². The highest BCUT2D eigenvalue weighted by Gasteiger charge is 2.60. The molecule has 2 aromatic heterocycles. The number of imidazole rings is 1. The Hall–Kier alpha value is -2.37. The van der Waals surface area contributed by atoms with Gasteiger partial charge in [0.2, 0.25) is 15.8 Å². The van der Waals surface area contributed by atoms with Gasteiger partial charge >= 0.3 is 5.97 Å². The first kappa shape index (κ1) is 21.8. The molecule has 1 saturated heterocycles. The number of thiazole rings is 1. The van der Waals surface area contributed by atoms with E-state index in [2.05, 4.69) is 9.56 Å². The van der Waals surface area contributed by atoms with E-state index in [1.165, 1.54) is 22.6 Å². The van der Waals surface area contributed by atoms with Crippen molar-refractivity contribution < 1.29 is 24.4 Å². The number of aliphatic hydroxyl groups is 1. The largest absolute Gasteiger partial charge is 0.477 e. The van der Waals surface area contributed by atoms with E-state index < -0.39 is 18.0 Å². The first-order valence-electron chi connectivity index (χ1n) is 10.1. The number of nitrogens with two attached hydrogens (primary N) is 1. The number of aromatic nitrogens is 2. The molecule has 2 aliphatic heterocycles. The number of aliphatic imine (C=N–C) groups is 1. The minimum Gasteiger partial charge on any atom is -0.477 e. The van der Waals surface area contributed by atoms with Crippen LogP contribution in [-0.4, -0.2) is 62.7 Å². The fourth-order valence-electron chi connectivity index (χ4n) is 4.72. The number of fused-ring (bicyclic) bond motifs is 2. The van der Waals surface area contributed by atoms with Crippen LogP contribution < -0.4 is 10.3 Å². The van der Waals surface area contributed by atoms with Gasteiger partial charge < -0.3 is 20.8 Å². The Morgan fingerprint density at radius 1 is 1.52 bits per heavy atom. The Labute approximate surface area is 187 Å². The highest BCUT2D eigenvalue weighted by atomic mass is 32.2. The standard InChI is InChI=1S/C20H25N5O4S2/c1-10-13(16(20(28)29)25-15(10)14(11(2)26)17(25)27)12-7-24-9-23(6-4-5-22-8-21)18(30-3)19(24)31-12/h7-11,14-15,26H,4-6H2,1-3H3,(H2-,21,22,28,29)/p+1/t10-,11+,14+,15+/m0/s1. The number of hydrogen-bond acceptors (Lipinski definition) is 6. The number of aliphatic hydroxyl groups excluding tert-OH is 1. The van der Waals surface area contributed by atoms with Crippen molar-refractivity contribution in [3.8, 4) is 0 Å². The van der Waals surface area contributed by atoms with E-state index >= 15 is 0 Å². The van der Waals surface area contributed by atoms with Crippen LogP contribution in [-0.2, 0) is 16.1 Å². The molecule has 4 atom stereocenters. The molecule has 0 radical (unpaired) electrons. The Balaban J connectivity index is 1.72. The molecule has 2 aliphatic rings. The van der Waals surface area contributed by atoms with Gasteiger partial charge in [0.1, 0.15) is 11.9 Å². The van der Waals surface area contributed by atoms with Crippen LogP contribution in [0.3, 0.4) is 0 Å². The number of rotatable bonds is 8. The SMILES string of the molecule is CSc1c2sc(C3=C(C(=O)O)N4C(=O)[C@H]([C@@H](C)O)[C@H]4[C@H]3C)cn2c[n+]1CCCN=CN. The van der Waals surface area contributed by atoms with E-state index in [1.54, 1.807) is 18.7 Å². The molecule has 2 aromatic rings. The lowest BCUT2D eigenvalue weighted by Gasteiger charge is -2.46. The summed E-state index contributed by atoms with van der Waals surface area (Å²) in [5.74, 6) is -2.16. The summed E-state index contributed by atoms with van der Waals surface area (Å²) in [6, 6.07) is -0.317. The van der Waals surface area contributed by atoms with Gasteiger partial charge in [-0.2, -0.15) is 4.40 Å². The summed E-state index contributed by atoms with van der Waals surface area (Å²) in [5, 5.41) is 21.0. The zero-order valence-electron chi connectivity index (χ0n) is 17.6. The zero-order chi connectivity index (χ0) is 22.4. The summed E-state index contributed by atoms with van der Waals surface area (Å²) in [6.45, 7) is 4.99. The normalized spacial score (nSPS) is 24.3. The molecule has 0 aromatic carbocycles. The number of carboxylic acid groups (broad SMARTS) is 1. The maximum atomic E-state index is 12.6. The number of hydrogen-bond donors (Lipinski definition) is 3. The summed E-state index contributed by atoms with van der Waals surface area (Å²) in [7, 11) is 0. The van der Waals surface area contributed by atoms with Crippen molar-refractivity contribution in [1.82, 2.24) is 9.30 Å². The summed E-state index contributed by atoms with van der Waals surface area (Å²) in [6.07, 6.45) is 7.33. The highest BCUT2D eigenvalue weighted by Crippen LogP contribution is 2.51. The van der Waals surface area contributed by atoms with Crippen LogP contribution in [0, 0.1) is 11.8 Å². The third-order valence-electron chi connectivity index (χ3n) is 6.03. The van der Waals surface area contributed by atoms with E-state index in [1.807, 2.05) is 30.1 Å². The first-order valence-corrected chi connectivity index (χ1v) is 12.1. The van der Waals surface area contributed by atoms with Crippen molar-refractivity contribution in [2.45, 2.75) is 44.0 Å². The van der Waals surface area contributed by atoms with Crippen LogP contribution in [0.1, 0.15) is 25.1 Å². The van der Waals surface area contributed by atoms with Gasteiger partial charge in [0, 0.05) is 24.5 Å². The Morgan fingerprint density at radius 3 is 2.87 bits per heavy atom. The second-order valence-corrected chi connectivity index (χ2v) is 9.68. The molecule has 4 rings (SSSR count). The Morgan fingerprint density at radius 2 is 2.26 bits per heavy atom. The van der Waals surface area contributed by atoms with Crippen molar-refractivity contribution in [3.63, 3.8) is 0 Å². The first-order chi connectivity index (χ1) is 14.8. The fourth-order valence-corrected chi connectivity index (χ4v) is 6.93. The van der Waals surface area contributed by atoms with E-state index in [9.17, 15) is 19.8 Å². The van der Waals surface area contributed by atoms with Gasteiger partial charge in [-0.3, -0.25) is 9.79 Å². The summed E-state index contributed by atoms with van der Waals surface area (Å²) >= 11 is 3.16. The smallest absolute Gasteiger partial charge is 0.352 e. The highest BCUT2D eigenvalue weighted by molar-refractivity contribution is 7.98. The van der Waals surface area contributed by atoms with Crippen LogP contribution in [0.15, 0.2) is 28.2 Å². The van der Waals surface area contributed by atoms with Crippen molar-refractivity contribution in [1.29, 1.82) is 0 Å². The van der Waals surface area contributed by atoms with Crippen LogP contribution in [0.2, 0.25) is 0 Å². The molecule has 31 heavy (non-hydrogen) atoms. The quantitative estimate of drug-likeness (QED) is 0.134. The molecular weight excluding hydrogens is 438 g/mol. The minimum atomic E-state index is -1.11. The topological polar surface area (TPSA) is 125 Å². The number of amides is 1. The Kier molecular flexibility index (Phi) is 5.84. The van der Waals surface area contributed by atoms with Crippen molar-refractivity contribution in [3.05, 3.63) is 23.1 Å². The molecule has 1 fully saturated rings. The van der Waals surface area contributed by atoms with Crippen LogP contribution in [0.5, 0.6) is 0 Å². The second-order valence-electron chi connectivity index (χ2n) is 7.86. The van der Waals surface area contributed by atoms with E-state index in [0.29, 0.717) is 12.1 Å². The molecule has 0 unspecified atom stereocenters. The number of thioether (sulfide) groups is 1. The maximum Gasteiger partial charge on any atom is 0.352 e. The molecule has 9 nitrogen and oxygen atoms in total. The van der Waals surface area contributed by atoms with E-state index in [0.717, 1.165) is 27.7 Å². The van der Waals surface area contributed by atoms with Gasteiger partial charge in [-0.15, -0.1) is 0 Å². The monoisotopic (exact) mass is 464 g/mol. The lowest BCUT2D eigenvalue weighted by molar-refractivity contribution is -0.729. The summed E-state index contributed by atoms with van der Waals surface area (Å²) in [5.41, 5.74) is 6.01. The molecule has 166 valence electrons. The maximum absolute atomic E-state index is 12.6. The molecule has 1 amide bonds. The molecule has 11 heteroatoms. The third kappa shape index (κ3) is 3.35. The van der Waals surface area contributed by atoms with Crippen molar-refractivity contribution in [2.75, 3.05) is 12.8 Å². The predicted octanol–water partition coefficient (Wildman–Crippen LogP) is 1.04. The third-order valence-corrected chi connectivity index (χ3v) is 8.12.